The van der Waals surface area contributed by atoms with E-state index in [9.17, 15) is 14.4 Å². The van der Waals surface area contributed by atoms with Crippen LogP contribution in [0.25, 0.3) is 0 Å². The van der Waals surface area contributed by atoms with Crippen LogP contribution in [-0.4, -0.2) is 60.2 Å². The van der Waals surface area contributed by atoms with Gasteiger partial charge in [0.05, 0.1) is 18.5 Å². The first-order valence-corrected chi connectivity index (χ1v) is 7.87. The molecule has 0 aromatic rings. The topological polar surface area (TPSA) is 76.2 Å². The quantitative estimate of drug-likeness (QED) is 0.725. The van der Waals surface area contributed by atoms with Crippen LogP contribution < -0.4 is 0 Å². The molecule has 0 bridgehead atoms. The summed E-state index contributed by atoms with van der Waals surface area (Å²) in [5, 5.41) is 0. The lowest BCUT2D eigenvalue weighted by Gasteiger charge is -2.42. The van der Waals surface area contributed by atoms with E-state index in [1.807, 2.05) is 25.2 Å². The maximum atomic E-state index is 13.0. The van der Waals surface area contributed by atoms with Crippen LogP contribution in [0.3, 0.4) is 0 Å². The molecule has 2 fully saturated rings. The Hall–Kier alpha value is -2.31. The SMILES string of the molecule is C[C@H]1C=CC2=CCN3C(=O)OC[C@@H]3[C@@H]2[C@H]1C(=O)N1CCOC1=O. The number of carbonyl (C=O) groups excluding carboxylic acids is 3. The molecule has 0 unspecified atom stereocenters. The zero-order valence-electron chi connectivity index (χ0n) is 12.8. The van der Waals surface area contributed by atoms with Gasteiger partial charge in [-0.25, -0.2) is 14.5 Å². The van der Waals surface area contributed by atoms with Gasteiger partial charge in [0.1, 0.15) is 13.2 Å². The Balaban J connectivity index is 1.70. The van der Waals surface area contributed by atoms with Gasteiger partial charge in [-0.3, -0.25) is 9.69 Å². The zero-order valence-corrected chi connectivity index (χ0v) is 12.8. The highest BCUT2D eigenvalue weighted by Crippen LogP contribution is 2.42. The second kappa shape index (κ2) is 5.11. The van der Waals surface area contributed by atoms with E-state index < -0.39 is 6.09 Å². The third-order valence-corrected chi connectivity index (χ3v) is 5.19. The minimum atomic E-state index is -0.575. The summed E-state index contributed by atoms with van der Waals surface area (Å²) < 4.78 is 10.1. The van der Waals surface area contributed by atoms with Crippen LogP contribution in [0.1, 0.15) is 6.92 Å². The second-order valence-electron chi connectivity index (χ2n) is 6.37. The summed E-state index contributed by atoms with van der Waals surface area (Å²) in [6.45, 7) is 3.29. The predicted octanol–water partition coefficient (Wildman–Crippen LogP) is 1.16. The molecule has 4 atom stereocenters. The number of amides is 3. The number of allylic oxidation sites excluding steroid dienone is 2. The Morgan fingerprint density at radius 2 is 2.09 bits per heavy atom. The van der Waals surface area contributed by atoms with Crippen molar-refractivity contribution in [2.24, 2.45) is 17.8 Å². The summed E-state index contributed by atoms with van der Waals surface area (Å²) in [6.07, 6.45) is 5.09. The lowest BCUT2D eigenvalue weighted by Crippen LogP contribution is -2.52. The molecule has 122 valence electrons. The van der Waals surface area contributed by atoms with Gasteiger partial charge in [0.2, 0.25) is 5.91 Å². The summed E-state index contributed by atoms with van der Waals surface area (Å²) in [4.78, 5) is 39.4. The molecule has 0 N–H and O–H groups in total. The number of nitrogens with zero attached hydrogens (tertiary/aromatic N) is 2. The fraction of sp³-hybridized carbons (Fsp3) is 0.562. The van der Waals surface area contributed by atoms with Crippen molar-refractivity contribution in [2.45, 2.75) is 13.0 Å². The van der Waals surface area contributed by atoms with Gasteiger partial charge in [-0.2, -0.15) is 0 Å². The van der Waals surface area contributed by atoms with Crippen LogP contribution in [0.2, 0.25) is 0 Å². The molecule has 4 aliphatic rings. The average Bonchev–Trinajstić information content (AvgIpc) is 3.13. The highest BCUT2D eigenvalue weighted by molar-refractivity contribution is 5.95. The summed E-state index contributed by atoms with van der Waals surface area (Å²) in [7, 11) is 0. The van der Waals surface area contributed by atoms with E-state index in [0.717, 1.165) is 5.57 Å². The van der Waals surface area contributed by atoms with E-state index in [-0.39, 0.29) is 49.0 Å². The molecule has 3 amide bonds. The van der Waals surface area contributed by atoms with Crippen LogP contribution in [-0.2, 0) is 14.3 Å². The smallest absolute Gasteiger partial charge is 0.416 e. The molecule has 0 radical (unpaired) electrons. The van der Waals surface area contributed by atoms with Crippen LogP contribution in [0.15, 0.2) is 23.8 Å². The van der Waals surface area contributed by atoms with E-state index in [1.165, 1.54) is 4.90 Å². The molecule has 0 aromatic heterocycles. The summed E-state index contributed by atoms with van der Waals surface area (Å²) >= 11 is 0. The molecule has 2 saturated heterocycles. The number of cyclic esters (lactones) is 2. The molecule has 0 saturated carbocycles. The molecule has 0 spiro atoms. The molecular weight excluding hydrogens is 300 g/mol. The van der Waals surface area contributed by atoms with Crippen molar-refractivity contribution >= 4 is 18.1 Å². The zero-order chi connectivity index (χ0) is 16.1. The van der Waals surface area contributed by atoms with E-state index in [4.69, 9.17) is 9.47 Å². The Kier molecular flexibility index (Phi) is 3.18. The van der Waals surface area contributed by atoms with Crippen molar-refractivity contribution < 1.29 is 23.9 Å². The monoisotopic (exact) mass is 318 g/mol. The highest BCUT2D eigenvalue weighted by Gasteiger charge is 2.51. The number of ether oxygens (including phenoxy) is 2. The second-order valence-corrected chi connectivity index (χ2v) is 6.37. The van der Waals surface area contributed by atoms with Crippen molar-refractivity contribution in [2.75, 3.05) is 26.3 Å². The van der Waals surface area contributed by atoms with Gasteiger partial charge >= 0.3 is 12.2 Å². The van der Waals surface area contributed by atoms with Crippen LogP contribution >= 0.6 is 0 Å². The van der Waals surface area contributed by atoms with Gasteiger partial charge in [-0.05, 0) is 11.5 Å². The Labute approximate surface area is 133 Å². The summed E-state index contributed by atoms with van der Waals surface area (Å²) in [5.41, 5.74) is 1.05. The summed E-state index contributed by atoms with van der Waals surface area (Å²) in [6, 6.07) is -0.150. The molecule has 23 heavy (non-hydrogen) atoms. The van der Waals surface area contributed by atoms with Gasteiger partial charge < -0.3 is 9.47 Å². The van der Waals surface area contributed by atoms with Gasteiger partial charge in [0.15, 0.2) is 0 Å². The lowest BCUT2D eigenvalue weighted by atomic mass is 9.68. The Morgan fingerprint density at radius 1 is 1.26 bits per heavy atom. The molecule has 4 rings (SSSR count). The van der Waals surface area contributed by atoms with Crippen molar-refractivity contribution in [3.63, 3.8) is 0 Å². The number of fused-ring (bicyclic) bond motifs is 3. The molecular formula is C16H18N2O5. The Morgan fingerprint density at radius 3 is 2.83 bits per heavy atom. The van der Waals surface area contributed by atoms with E-state index in [0.29, 0.717) is 13.1 Å². The van der Waals surface area contributed by atoms with E-state index in [2.05, 4.69) is 0 Å². The first kappa shape index (κ1) is 14.3. The number of rotatable bonds is 1. The average molecular weight is 318 g/mol. The highest BCUT2D eigenvalue weighted by atomic mass is 16.6. The molecule has 1 aliphatic carbocycles. The minimum absolute atomic E-state index is 0.0197. The van der Waals surface area contributed by atoms with Gasteiger partial charge in [-0.1, -0.05) is 25.2 Å². The fourth-order valence-electron chi connectivity index (χ4n) is 4.02. The minimum Gasteiger partial charge on any atom is -0.447 e. The third kappa shape index (κ3) is 2.06. The molecule has 3 heterocycles. The van der Waals surface area contributed by atoms with Crippen LogP contribution in [0.4, 0.5) is 9.59 Å². The van der Waals surface area contributed by atoms with Gasteiger partial charge in [0, 0.05) is 12.5 Å². The molecule has 0 aromatic carbocycles. The Bertz CT molecular complexity index is 640. The standard InChI is InChI=1S/C16H18N2O5/c1-9-2-3-10-4-5-17-11(8-23-15(17)20)13(10)12(9)14(19)18-6-7-22-16(18)21/h2-4,9,11-13H,5-8H2,1H3/t9-,11+,12-,13+/m0/s1. The van der Waals surface area contributed by atoms with E-state index in [1.54, 1.807) is 4.90 Å². The van der Waals surface area contributed by atoms with Crippen molar-refractivity contribution in [3.05, 3.63) is 23.8 Å². The molecule has 7 heteroatoms. The largest absolute Gasteiger partial charge is 0.447 e. The molecule has 3 aliphatic heterocycles. The lowest BCUT2D eigenvalue weighted by molar-refractivity contribution is -0.135. The van der Waals surface area contributed by atoms with Crippen LogP contribution in [0, 0.1) is 17.8 Å². The van der Waals surface area contributed by atoms with Gasteiger partial charge in [-0.15, -0.1) is 0 Å². The first-order chi connectivity index (χ1) is 11.1. The van der Waals surface area contributed by atoms with Crippen LogP contribution in [0.5, 0.6) is 0 Å². The summed E-state index contributed by atoms with van der Waals surface area (Å²) in [5.74, 6) is -0.773. The number of hydrogen-bond acceptors (Lipinski definition) is 5. The number of imide groups is 1. The van der Waals surface area contributed by atoms with Crippen molar-refractivity contribution in [1.82, 2.24) is 9.80 Å². The van der Waals surface area contributed by atoms with E-state index >= 15 is 0 Å². The third-order valence-electron chi connectivity index (χ3n) is 5.19. The van der Waals surface area contributed by atoms with Crippen molar-refractivity contribution in [1.29, 1.82) is 0 Å². The van der Waals surface area contributed by atoms with Crippen molar-refractivity contribution in [3.8, 4) is 0 Å². The maximum Gasteiger partial charge on any atom is 0.416 e. The first-order valence-electron chi connectivity index (χ1n) is 7.87. The number of hydrogen-bond donors (Lipinski definition) is 0. The predicted molar refractivity (Wildman–Crippen MR) is 78.3 cm³/mol. The fourth-order valence-corrected chi connectivity index (χ4v) is 4.02. The maximum absolute atomic E-state index is 13.0. The number of carbonyl (C=O) groups is 3. The van der Waals surface area contributed by atoms with Gasteiger partial charge in [0.25, 0.3) is 0 Å². The molecule has 7 nitrogen and oxygen atoms in total. The normalized spacial score (nSPS) is 35.4.